The Morgan fingerprint density at radius 2 is 1.93 bits per heavy atom. The molecule has 5 heteroatoms. The van der Waals surface area contributed by atoms with Gasteiger partial charge in [-0.15, -0.1) is 0 Å². The molecule has 3 aromatic rings. The van der Waals surface area contributed by atoms with Gasteiger partial charge in [0.2, 0.25) is 0 Å². The van der Waals surface area contributed by atoms with Crippen molar-refractivity contribution in [2.45, 2.75) is 38.3 Å². The highest BCUT2D eigenvalue weighted by Crippen LogP contribution is 2.39. The lowest BCUT2D eigenvalue weighted by Crippen LogP contribution is -2.38. The Labute approximate surface area is 170 Å². The molecule has 1 aromatic heterocycles. The molecule has 3 heterocycles. The van der Waals surface area contributed by atoms with Crippen LogP contribution in [-0.4, -0.2) is 41.5 Å². The first-order valence-corrected chi connectivity index (χ1v) is 10.5. The quantitative estimate of drug-likeness (QED) is 0.654. The smallest absolute Gasteiger partial charge is 0.181 e. The minimum atomic E-state index is -0.183. The number of carbonyl (C=O) groups is 1. The van der Waals surface area contributed by atoms with Crippen LogP contribution >= 0.6 is 0 Å². The first kappa shape index (κ1) is 18.3. The minimum Gasteiger partial charge on any atom is -0.490 e. The number of likely N-dealkylation sites (tertiary alicyclic amines) is 1. The van der Waals surface area contributed by atoms with Gasteiger partial charge in [-0.05, 0) is 50.1 Å². The summed E-state index contributed by atoms with van der Waals surface area (Å²) in [6, 6.07) is 14.3. The molecule has 5 nitrogen and oxygen atoms in total. The maximum Gasteiger partial charge on any atom is 0.181 e. The van der Waals surface area contributed by atoms with Crippen LogP contribution in [0.3, 0.4) is 0 Å². The standard InChI is InChI=1S/C24H26N2O3/c1-16(24(27)19-15-25-20-7-3-2-6-18(19)20)26-11-4-8-21(26)17-9-10-22-23(14-17)29-13-5-12-28-22/h2-3,6-7,9-10,14-16,21,25H,4-5,8,11-13H2,1H3/t16-,21-/m1/s1. The third-order valence-electron chi connectivity index (χ3n) is 6.18. The maximum atomic E-state index is 13.4. The third-order valence-corrected chi connectivity index (χ3v) is 6.18. The van der Waals surface area contributed by atoms with Crippen molar-refractivity contribution in [3.8, 4) is 11.5 Å². The van der Waals surface area contributed by atoms with E-state index in [2.05, 4.69) is 22.0 Å². The highest BCUT2D eigenvalue weighted by Gasteiger charge is 2.34. The van der Waals surface area contributed by atoms with E-state index < -0.39 is 0 Å². The fourth-order valence-electron chi connectivity index (χ4n) is 4.65. The summed E-state index contributed by atoms with van der Waals surface area (Å²) in [7, 11) is 0. The van der Waals surface area contributed by atoms with E-state index >= 15 is 0 Å². The molecule has 0 amide bonds. The normalized spacial score (nSPS) is 20.5. The number of nitrogens with zero attached hydrogens (tertiary/aromatic N) is 1. The molecule has 2 aliphatic rings. The van der Waals surface area contributed by atoms with Gasteiger partial charge in [0.25, 0.3) is 0 Å². The van der Waals surface area contributed by atoms with E-state index in [1.54, 1.807) is 0 Å². The zero-order valence-corrected chi connectivity index (χ0v) is 16.7. The molecule has 0 spiro atoms. The number of nitrogens with one attached hydrogen (secondary N) is 1. The number of aromatic amines is 1. The second-order valence-corrected chi connectivity index (χ2v) is 7.94. The van der Waals surface area contributed by atoms with E-state index in [1.165, 1.54) is 5.56 Å². The first-order valence-electron chi connectivity index (χ1n) is 10.5. The Kier molecular flexibility index (Phi) is 4.76. The predicted octanol–water partition coefficient (Wildman–Crippen LogP) is 4.74. The van der Waals surface area contributed by atoms with Gasteiger partial charge >= 0.3 is 0 Å². The average Bonchev–Trinajstić information content (AvgIpc) is 3.34. The number of benzene rings is 2. The Morgan fingerprint density at radius 1 is 1.10 bits per heavy atom. The van der Waals surface area contributed by atoms with Gasteiger partial charge in [-0.25, -0.2) is 0 Å². The molecule has 0 unspecified atom stereocenters. The molecule has 2 aliphatic heterocycles. The molecule has 1 fully saturated rings. The van der Waals surface area contributed by atoms with Crippen molar-refractivity contribution in [2.75, 3.05) is 19.8 Å². The van der Waals surface area contributed by atoms with E-state index in [9.17, 15) is 4.79 Å². The van der Waals surface area contributed by atoms with E-state index in [-0.39, 0.29) is 17.9 Å². The Hall–Kier alpha value is -2.79. The van der Waals surface area contributed by atoms with Crippen LogP contribution in [0.2, 0.25) is 0 Å². The molecule has 2 aromatic carbocycles. The molecule has 5 rings (SSSR count). The summed E-state index contributed by atoms with van der Waals surface area (Å²) in [5.74, 6) is 1.81. The summed E-state index contributed by atoms with van der Waals surface area (Å²) in [6.07, 6.45) is 4.88. The van der Waals surface area contributed by atoms with Crippen LogP contribution in [-0.2, 0) is 0 Å². The van der Waals surface area contributed by atoms with Crippen LogP contribution in [0.15, 0.2) is 48.7 Å². The fraction of sp³-hybridized carbons (Fsp3) is 0.375. The minimum absolute atomic E-state index is 0.170. The van der Waals surface area contributed by atoms with Crippen molar-refractivity contribution in [3.63, 3.8) is 0 Å². The van der Waals surface area contributed by atoms with E-state index in [4.69, 9.17) is 9.47 Å². The second kappa shape index (κ2) is 7.56. The summed E-state index contributed by atoms with van der Waals surface area (Å²) in [5.41, 5.74) is 2.98. The van der Waals surface area contributed by atoms with Gasteiger partial charge in [-0.1, -0.05) is 24.3 Å². The molecular formula is C24H26N2O3. The lowest BCUT2D eigenvalue weighted by atomic mass is 9.99. The molecule has 0 radical (unpaired) electrons. The molecule has 1 saturated heterocycles. The molecule has 150 valence electrons. The lowest BCUT2D eigenvalue weighted by molar-refractivity contribution is 0.0821. The number of hydrogen-bond donors (Lipinski definition) is 1. The summed E-state index contributed by atoms with van der Waals surface area (Å²) < 4.78 is 11.7. The number of Topliss-reactive ketones (excluding diaryl/α,β-unsaturated/α-hetero) is 1. The first-order chi connectivity index (χ1) is 14.2. The number of H-pyrrole nitrogens is 1. The van der Waals surface area contributed by atoms with Gasteiger partial charge in [0.1, 0.15) is 0 Å². The highest BCUT2D eigenvalue weighted by atomic mass is 16.5. The van der Waals surface area contributed by atoms with E-state index in [0.29, 0.717) is 13.2 Å². The second-order valence-electron chi connectivity index (χ2n) is 7.94. The van der Waals surface area contributed by atoms with Crippen LogP contribution in [0.4, 0.5) is 0 Å². The van der Waals surface area contributed by atoms with Gasteiger partial charge in [-0.2, -0.15) is 0 Å². The zero-order chi connectivity index (χ0) is 19.8. The highest BCUT2D eigenvalue weighted by molar-refractivity contribution is 6.10. The summed E-state index contributed by atoms with van der Waals surface area (Å²) >= 11 is 0. The lowest BCUT2D eigenvalue weighted by Gasteiger charge is -2.30. The average molecular weight is 390 g/mol. The van der Waals surface area contributed by atoms with Crippen LogP contribution in [0.1, 0.15) is 48.1 Å². The van der Waals surface area contributed by atoms with Crippen molar-refractivity contribution < 1.29 is 14.3 Å². The van der Waals surface area contributed by atoms with Gasteiger partial charge in [0, 0.05) is 35.1 Å². The molecule has 1 N–H and O–H groups in total. The number of hydrogen-bond acceptors (Lipinski definition) is 4. The van der Waals surface area contributed by atoms with Gasteiger partial charge in [-0.3, -0.25) is 9.69 Å². The molecule has 0 saturated carbocycles. The molecule has 2 atom stereocenters. The number of para-hydroxylation sites is 1. The Balaban J connectivity index is 1.42. The zero-order valence-electron chi connectivity index (χ0n) is 16.7. The third kappa shape index (κ3) is 3.29. The van der Waals surface area contributed by atoms with E-state index in [0.717, 1.165) is 53.8 Å². The van der Waals surface area contributed by atoms with Crippen molar-refractivity contribution in [3.05, 3.63) is 59.8 Å². The van der Waals surface area contributed by atoms with Crippen LogP contribution < -0.4 is 9.47 Å². The largest absolute Gasteiger partial charge is 0.490 e. The monoisotopic (exact) mass is 390 g/mol. The number of aromatic nitrogens is 1. The van der Waals surface area contributed by atoms with Crippen molar-refractivity contribution in [1.82, 2.24) is 9.88 Å². The number of rotatable bonds is 4. The summed E-state index contributed by atoms with van der Waals surface area (Å²) in [6.45, 7) is 4.33. The van der Waals surface area contributed by atoms with Crippen molar-refractivity contribution in [1.29, 1.82) is 0 Å². The van der Waals surface area contributed by atoms with Crippen LogP contribution in [0.5, 0.6) is 11.5 Å². The molecule has 29 heavy (non-hydrogen) atoms. The van der Waals surface area contributed by atoms with E-state index in [1.807, 2.05) is 43.5 Å². The Bertz CT molecular complexity index is 1040. The van der Waals surface area contributed by atoms with Gasteiger partial charge in [0.05, 0.1) is 19.3 Å². The number of fused-ring (bicyclic) bond motifs is 2. The van der Waals surface area contributed by atoms with Gasteiger partial charge in [0.15, 0.2) is 17.3 Å². The number of ketones is 1. The summed E-state index contributed by atoms with van der Waals surface area (Å²) in [4.78, 5) is 18.9. The van der Waals surface area contributed by atoms with Gasteiger partial charge < -0.3 is 14.5 Å². The Morgan fingerprint density at radius 3 is 2.83 bits per heavy atom. The van der Waals surface area contributed by atoms with Crippen LogP contribution in [0, 0.1) is 0 Å². The van der Waals surface area contributed by atoms with Crippen molar-refractivity contribution >= 4 is 16.7 Å². The molecule has 0 bridgehead atoms. The number of ether oxygens (including phenoxy) is 2. The summed E-state index contributed by atoms with van der Waals surface area (Å²) in [5, 5.41) is 0.996. The molecule has 0 aliphatic carbocycles. The van der Waals surface area contributed by atoms with Crippen molar-refractivity contribution in [2.24, 2.45) is 0 Å². The topological polar surface area (TPSA) is 54.6 Å². The fourth-order valence-corrected chi connectivity index (χ4v) is 4.65. The molecular weight excluding hydrogens is 364 g/mol. The predicted molar refractivity (Wildman–Crippen MR) is 113 cm³/mol. The SMILES string of the molecule is C[C@H](C(=O)c1c[nH]c2ccccc12)N1CCC[C@@H]1c1ccc2c(c1)OCCCO2. The maximum absolute atomic E-state index is 13.4. The van der Waals surface area contributed by atoms with Crippen LogP contribution in [0.25, 0.3) is 10.9 Å². The number of carbonyl (C=O) groups excluding carboxylic acids is 1.